The zero-order chi connectivity index (χ0) is 14.5. The highest BCUT2D eigenvalue weighted by Gasteiger charge is 2.26. The summed E-state index contributed by atoms with van der Waals surface area (Å²) in [5, 5.41) is 0. The van der Waals surface area contributed by atoms with Gasteiger partial charge in [-0.2, -0.15) is 0 Å². The van der Waals surface area contributed by atoms with Crippen LogP contribution >= 0.6 is 0 Å². The molecule has 2 aromatic rings. The van der Waals surface area contributed by atoms with E-state index < -0.39 is 0 Å². The Hall–Kier alpha value is -2.09. The molecule has 0 aliphatic heterocycles. The number of ether oxygens (including phenoxy) is 1. The van der Waals surface area contributed by atoms with Crippen molar-refractivity contribution in [2.75, 3.05) is 6.61 Å². The summed E-state index contributed by atoms with van der Waals surface area (Å²) in [6, 6.07) is 15.9. The lowest BCUT2D eigenvalue weighted by molar-refractivity contribution is -0.143. The summed E-state index contributed by atoms with van der Waals surface area (Å²) in [4.78, 5) is 12.4. The van der Waals surface area contributed by atoms with Crippen LogP contribution in [-0.2, 0) is 9.53 Å². The summed E-state index contributed by atoms with van der Waals surface area (Å²) in [6.45, 7) is 6.31. The van der Waals surface area contributed by atoms with Crippen molar-refractivity contribution in [2.24, 2.45) is 0 Å². The molecule has 0 bridgehead atoms. The van der Waals surface area contributed by atoms with Crippen molar-refractivity contribution < 1.29 is 9.53 Å². The van der Waals surface area contributed by atoms with Gasteiger partial charge in [-0.1, -0.05) is 48.5 Å². The second-order valence-corrected chi connectivity index (χ2v) is 4.90. The lowest BCUT2D eigenvalue weighted by atomic mass is 9.85. The Bertz CT molecular complexity index is 567. The van der Waals surface area contributed by atoms with Crippen molar-refractivity contribution in [1.29, 1.82) is 0 Å². The van der Waals surface area contributed by atoms with Gasteiger partial charge in [0.05, 0.1) is 6.61 Å². The third-order valence-corrected chi connectivity index (χ3v) is 3.49. The maximum atomic E-state index is 12.4. The van der Waals surface area contributed by atoms with Crippen molar-refractivity contribution in [3.05, 3.63) is 70.8 Å². The van der Waals surface area contributed by atoms with Gasteiger partial charge >= 0.3 is 5.97 Å². The molecule has 0 aliphatic rings. The van der Waals surface area contributed by atoms with E-state index in [9.17, 15) is 4.79 Å². The van der Waals surface area contributed by atoms with E-state index >= 15 is 0 Å². The lowest BCUT2D eigenvalue weighted by Crippen LogP contribution is -2.19. The number of hydrogen-bond donors (Lipinski definition) is 0. The Morgan fingerprint density at radius 1 is 1.00 bits per heavy atom. The van der Waals surface area contributed by atoms with Gasteiger partial charge in [0.2, 0.25) is 0 Å². The molecule has 2 aromatic carbocycles. The maximum Gasteiger partial charge on any atom is 0.317 e. The molecule has 0 radical (unpaired) electrons. The van der Waals surface area contributed by atoms with Gasteiger partial charge in [0.1, 0.15) is 5.92 Å². The largest absolute Gasteiger partial charge is 0.465 e. The molecule has 2 heteroatoms. The van der Waals surface area contributed by atoms with Gasteiger partial charge in [-0.25, -0.2) is 0 Å². The number of rotatable bonds is 4. The number of carbonyl (C=O) groups is 1. The van der Waals surface area contributed by atoms with E-state index in [4.69, 9.17) is 4.74 Å². The first kappa shape index (κ1) is 14.3. The lowest BCUT2D eigenvalue weighted by Gasteiger charge is -2.20. The molecular weight excluding hydrogens is 248 g/mol. The fourth-order valence-electron chi connectivity index (χ4n) is 2.57. The first-order valence-electron chi connectivity index (χ1n) is 6.92. The fraction of sp³-hybridized carbons (Fsp3) is 0.278. The van der Waals surface area contributed by atoms with Gasteiger partial charge < -0.3 is 4.74 Å². The van der Waals surface area contributed by atoms with Crippen LogP contribution in [0.5, 0.6) is 0 Å². The quantitative estimate of drug-likeness (QED) is 0.783. The molecule has 104 valence electrons. The molecule has 2 nitrogen and oxygen atoms in total. The number of benzene rings is 2. The third-order valence-electron chi connectivity index (χ3n) is 3.49. The minimum absolute atomic E-state index is 0.184. The first-order valence-corrected chi connectivity index (χ1v) is 6.92. The van der Waals surface area contributed by atoms with E-state index in [0.29, 0.717) is 6.61 Å². The van der Waals surface area contributed by atoms with Crippen LogP contribution in [0.15, 0.2) is 48.5 Å². The Balaban J connectivity index is 2.55. The molecular formula is C18H20O2. The van der Waals surface area contributed by atoms with Gasteiger partial charge in [0, 0.05) is 0 Å². The smallest absolute Gasteiger partial charge is 0.317 e. The molecule has 0 heterocycles. The van der Waals surface area contributed by atoms with E-state index in [1.165, 1.54) is 0 Å². The molecule has 0 saturated heterocycles. The van der Waals surface area contributed by atoms with Crippen molar-refractivity contribution in [1.82, 2.24) is 0 Å². The van der Waals surface area contributed by atoms with Crippen molar-refractivity contribution in [3.8, 4) is 0 Å². The number of hydrogen-bond acceptors (Lipinski definition) is 2. The highest BCUT2D eigenvalue weighted by molar-refractivity contribution is 5.83. The van der Waals surface area contributed by atoms with Crippen LogP contribution in [0.4, 0.5) is 0 Å². The molecule has 0 saturated carbocycles. The predicted octanol–water partition coefficient (Wildman–Crippen LogP) is 4.00. The maximum absolute atomic E-state index is 12.4. The van der Waals surface area contributed by atoms with Crippen LogP contribution in [0.1, 0.15) is 35.1 Å². The van der Waals surface area contributed by atoms with E-state index in [2.05, 4.69) is 0 Å². The van der Waals surface area contributed by atoms with E-state index in [0.717, 1.165) is 22.3 Å². The van der Waals surface area contributed by atoms with Crippen molar-refractivity contribution >= 4 is 5.97 Å². The van der Waals surface area contributed by atoms with E-state index in [-0.39, 0.29) is 11.9 Å². The van der Waals surface area contributed by atoms with Crippen LogP contribution in [0.2, 0.25) is 0 Å². The SMILES string of the molecule is CCOC(=O)C(c1ccccc1)c1c(C)cccc1C. The summed E-state index contributed by atoms with van der Waals surface area (Å²) in [5.41, 5.74) is 4.26. The van der Waals surface area contributed by atoms with Crippen LogP contribution < -0.4 is 0 Å². The van der Waals surface area contributed by atoms with Crippen molar-refractivity contribution in [3.63, 3.8) is 0 Å². The highest BCUT2D eigenvalue weighted by atomic mass is 16.5. The Kier molecular flexibility index (Phi) is 4.57. The van der Waals surface area contributed by atoms with Gasteiger partial charge in [-0.15, -0.1) is 0 Å². The normalized spacial score (nSPS) is 11.9. The fourth-order valence-corrected chi connectivity index (χ4v) is 2.57. The highest BCUT2D eigenvalue weighted by Crippen LogP contribution is 2.31. The predicted molar refractivity (Wildman–Crippen MR) is 80.8 cm³/mol. The summed E-state index contributed by atoms with van der Waals surface area (Å²) < 4.78 is 5.28. The second kappa shape index (κ2) is 6.38. The van der Waals surface area contributed by atoms with E-state index in [1.54, 1.807) is 0 Å². The van der Waals surface area contributed by atoms with Crippen LogP contribution in [0.25, 0.3) is 0 Å². The minimum atomic E-state index is -0.350. The third kappa shape index (κ3) is 2.90. The van der Waals surface area contributed by atoms with E-state index in [1.807, 2.05) is 69.3 Å². The standard InChI is InChI=1S/C18H20O2/c1-4-20-18(19)17(15-11-6-5-7-12-15)16-13(2)9-8-10-14(16)3/h5-12,17H,4H2,1-3H3. The topological polar surface area (TPSA) is 26.3 Å². The molecule has 1 unspecified atom stereocenters. The summed E-state index contributed by atoms with van der Waals surface area (Å²) in [6.07, 6.45) is 0. The Morgan fingerprint density at radius 2 is 1.60 bits per heavy atom. The molecule has 0 fully saturated rings. The molecule has 0 aliphatic carbocycles. The summed E-state index contributed by atoms with van der Waals surface area (Å²) >= 11 is 0. The van der Waals surface area contributed by atoms with Gasteiger partial charge in [0.15, 0.2) is 0 Å². The zero-order valence-electron chi connectivity index (χ0n) is 12.2. The van der Waals surface area contributed by atoms with Crippen LogP contribution in [-0.4, -0.2) is 12.6 Å². The monoisotopic (exact) mass is 268 g/mol. The van der Waals surface area contributed by atoms with Gasteiger partial charge in [-0.3, -0.25) is 4.79 Å². The second-order valence-electron chi connectivity index (χ2n) is 4.90. The molecule has 1 atom stereocenters. The minimum Gasteiger partial charge on any atom is -0.465 e. The number of carbonyl (C=O) groups excluding carboxylic acids is 1. The van der Waals surface area contributed by atoms with Gasteiger partial charge in [0.25, 0.3) is 0 Å². The van der Waals surface area contributed by atoms with Crippen LogP contribution in [0, 0.1) is 13.8 Å². The Morgan fingerprint density at radius 3 is 2.15 bits per heavy atom. The molecule has 0 amide bonds. The molecule has 0 N–H and O–H groups in total. The zero-order valence-corrected chi connectivity index (χ0v) is 12.2. The van der Waals surface area contributed by atoms with Crippen molar-refractivity contribution in [2.45, 2.75) is 26.7 Å². The molecule has 2 rings (SSSR count). The van der Waals surface area contributed by atoms with Crippen LogP contribution in [0.3, 0.4) is 0 Å². The van der Waals surface area contributed by atoms with Gasteiger partial charge in [-0.05, 0) is 43.0 Å². The molecule has 0 spiro atoms. The average molecular weight is 268 g/mol. The summed E-state index contributed by atoms with van der Waals surface area (Å²) in [5.74, 6) is -0.534. The summed E-state index contributed by atoms with van der Waals surface area (Å²) in [7, 11) is 0. The molecule has 0 aromatic heterocycles. The number of esters is 1. The average Bonchev–Trinajstić information content (AvgIpc) is 2.44. The Labute approximate surface area is 120 Å². The first-order chi connectivity index (χ1) is 9.65. The number of aryl methyl sites for hydroxylation is 2. The molecule has 20 heavy (non-hydrogen) atoms.